The van der Waals surface area contributed by atoms with Crippen LogP contribution in [0.25, 0.3) is 0 Å². The monoisotopic (exact) mass is 403 g/mol. The number of rotatable bonds is 3. The summed E-state index contributed by atoms with van der Waals surface area (Å²) >= 11 is 0. The number of fused-ring (bicyclic) bond motifs is 3. The summed E-state index contributed by atoms with van der Waals surface area (Å²) < 4.78 is 0. The maximum absolute atomic E-state index is 11.1. The van der Waals surface area contributed by atoms with Crippen molar-refractivity contribution in [1.29, 1.82) is 0 Å². The summed E-state index contributed by atoms with van der Waals surface area (Å²) in [7, 11) is 0. The minimum atomic E-state index is 0. The van der Waals surface area contributed by atoms with E-state index in [1.54, 1.807) is 0 Å². The van der Waals surface area contributed by atoms with Crippen LogP contribution in [0.1, 0.15) is 87.5 Å². The molecule has 3 fully saturated rings. The van der Waals surface area contributed by atoms with E-state index in [1.165, 1.54) is 37.7 Å². The van der Waals surface area contributed by atoms with Crippen molar-refractivity contribution in [3.8, 4) is 0 Å². The Kier molecular flexibility index (Phi) is 12.0. The summed E-state index contributed by atoms with van der Waals surface area (Å²) in [5, 5.41) is 0. The number of carbonyl (C=O) groups excluding carboxylic acids is 1. The SMILES string of the molecule is C.C=CC1CCC2C3CC/C(=C/C=O)C(C)(/C=C\C)C3CCC12C.CC.CCN. The third kappa shape index (κ3) is 5.32. The van der Waals surface area contributed by atoms with E-state index in [9.17, 15) is 4.79 Å². The Balaban J connectivity index is 0.00000120. The van der Waals surface area contributed by atoms with Crippen molar-refractivity contribution in [2.75, 3.05) is 6.54 Å². The first-order valence-electron chi connectivity index (χ1n) is 11.5. The van der Waals surface area contributed by atoms with Crippen LogP contribution in [0.15, 0.2) is 36.5 Å². The molecule has 0 saturated heterocycles. The summed E-state index contributed by atoms with van der Waals surface area (Å²) in [6.45, 7) is 17.8. The molecule has 3 aliphatic rings. The average Bonchev–Trinajstić information content (AvgIpc) is 3.03. The average molecular weight is 404 g/mol. The van der Waals surface area contributed by atoms with E-state index in [4.69, 9.17) is 5.73 Å². The van der Waals surface area contributed by atoms with Crippen molar-refractivity contribution in [3.63, 3.8) is 0 Å². The van der Waals surface area contributed by atoms with Crippen LogP contribution < -0.4 is 5.73 Å². The van der Waals surface area contributed by atoms with Crippen molar-refractivity contribution < 1.29 is 4.79 Å². The second-order valence-electron chi connectivity index (χ2n) is 8.90. The molecule has 168 valence electrons. The van der Waals surface area contributed by atoms with Crippen LogP contribution in [-0.2, 0) is 4.79 Å². The molecule has 2 heteroatoms. The smallest absolute Gasteiger partial charge is 0.142 e. The molecule has 29 heavy (non-hydrogen) atoms. The summed E-state index contributed by atoms with van der Waals surface area (Å²) in [5.74, 6) is 3.05. The highest BCUT2D eigenvalue weighted by molar-refractivity contribution is 5.67. The van der Waals surface area contributed by atoms with E-state index >= 15 is 0 Å². The van der Waals surface area contributed by atoms with E-state index in [0.29, 0.717) is 17.3 Å². The Labute approximate surface area is 182 Å². The van der Waals surface area contributed by atoms with Gasteiger partial charge in [0.2, 0.25) is 0 Å². The first kappa shape index (κ1) is 27.8. The van der Waals surface area contributed by atoms with Gasteiger partial charge in [0.1, 0.15) is 6.29 Å². The molecule has 0 bridgehead atoms. The van der Waals surface area contributed by atoms with Crippen molar-refractivity contribution in [2.24, 2.45) is 40.2 Å². The van der Waals surface area contributed by atoms with Crippen molar-refractivity contribution in [2.45, 2.75) is 87.5 Å². The number of aldehydes is 1. The van der Waals surface area contributed by atoms with Crippen molar-refractivity contribution in [1.82, 2.24) is 0 Å². The Morgan fingerprint density at radius 3 is 2.28 bits per heavy atom. The van der Waals surface area contributed by atoms with Gasteiger partial charge in [0.15, 0.2) is 0 Å². The minimum absolute atomic E-state index is 0. The van der Waals surface area contributed by atoms with Crippen LogP contribution in [0.5, 0.6) is 0 Å². The highest BCUT2D eigenvalue weighted by atomic mass is 16.1. The number of nitrogens with two attached hydrogens (primary N) is 1. The summed E-state index contributed by atoms with van der Waals surface area (Å²) in [5.41, 5.74) is 6.74. The zero-order valence-electron chi connectivity index (χ0n) is 19.3. The molecule has 0 aliphatic heterocycles. The van der Waals surface area contributed by atoms with Gasteiger partial charge in [-0.2, -0.15) is 0 Å². The molecule has 3 rings (SSSR count). The van der Waals surface area contributed by atoms with Gasteiger partial charge in [-0.25, -0.2) is 0 Å². The zero-order valence-corrected chi connectivity index (χ0v) is 19.3. The lowest BCUT2D eigenvalue weighted by atomic mass is 9.48. The van der Waals surface area contributed by atoms with Crippen LogP contribution in [0.3, 0.4) is 0 Å². The Hall–Kier alpha value is -1.15. The highest BCUT2D eigenvalue weighted by Gasteiger charge is 2.57. The standard InChI is InChI=1S/C22H32O.C2H7N.C2H6.CH4/c1-5-13-21(3)17(12-15-23)7-9-18-19-10-8-16(6-2)22(19,4)14-11-20(18)21;1-2-3;1-2;/h5-6,12-13,15-16,18-20H,2,7-11,14H2,1,3-4H3;2-3H2,1H3;1-2H3;1H4/b13-5-,17-12-;;;. The molecular weight excluding hydrogens is 354 g/mol. The van der Waals surface area contributed by atoms with E-state index in [-0.39, 0.29) is 12.8 Å². The van der Waals surface area contributed by atoms with Gasteiger partial charge in [0.05, 0.1) is 0 Å². The molecule has 2 nitrogen and oxygen atoms in total. The van der Waals surface area contributed by atoms with Crippen LogP contribution >= 0.6 is 0 Å². The van der Waals surface area contributed by atoms with Crippen LogP contribution in [0.2, 0.25) is 0 Å². The van der Waals surface area contributed by atoms with Gasteiger partial charge in [-0.05, 0) is 87.2 Å². The Morgan fingerprint density at radius 1 is 1.14 bits per heavy atom. The summed E-state index contributed by atoms with van der Waals surface area (Å²) in [4.78, 5) is 11.1. The number of carbonyl (C=O) groups is 1. The van der Waals surface area contributed by atoms with Crippen molar-refractivity contribution >= 4 is 6.29 Å². The second kappa shape index (κ2) is 12.5. The van der Waals surface area contributed by atoms with E-state index in [2.05, 4.69) is 45.6 Å². The molecule has 0 heterocycles. The topological polar surface area (TPSA) is 43.1 Å². The van der Waals surface area contributed by atoms with Gasteiger partial charge in [-0.15, -0.1) is 6.58 Å². The number of allylic oxidation sites excluding steroid dienone is 5. The molecule has 6 atom stereocenters. The number of hydrogen-bond acceptors (Lipinski definition) is 2. The minimum Gasteiger partial charge on any atom is -0.331 e. The lowest BCUT2D eigenvalue weighted by Crippen LogP contribution is -2.48. The zero-order chi connectivity index (χ0) is 21.4. The fourth-order valence-corrected chi connectivity index (χ4v) is 6.61. The molecule has 3 saturated carbocycles. The molecule has 0 radical (unpaired) electrons. The molecule has 0 amide bonds. The van der Waals surface area contributed by atoms with E-state index in [0.717, 1.165) is 31.1 Å². The maximum Gasteiger partial charge on any atom is 0.142 e. The molecule has 0 aromatic heterocycles. The summed E-state index contributed by atoms with van der Waals surface area (Å²) in [6, 6.07) is 0. The van der Waals surface area contributed by atoms with Crippen LogP contribution in [0.4, 0.5) is 0 Å². The molecule has 0 aromatic carbocycles. The molecule has 2 N–H and O–H groups in total. The van der Waals surface area contributed by atoms with Crippen LogP contribution in [0, 0.1) is 34.5 Å². The quantitative estimate of drug-likeness (QED) is 0.304. The van der Waals surface area contributed by atoms with Crippen molar-refractivity contribution in [3.05, 3.63) is 36.5 Å². The largest absolute Gasteiger partial charge is 0.331 e. The first-order valence-corrected chi connectivity index (χ1v) is 11.5. The Bertz CT molecular complexity index is 563. The fraction of sp³-hybridized carbons (Fsp3) is 0.741. The fourth-order valence-electron chi connectivity index (χ4n) is 6.61. The third-order valence-corrected chi connectivity index (χ3v) is 7.79. The van der Waals surface area contributed by atoms with E-state index in [1.807, 2.05) is 26.8 Å². The molecular formula is C27H49NO. The lowest BCUT2D eigenvalue weighted by Gasteiger charge is -2.56. The van der Waals surface area contributed by atoms with Gasteiger partial charge in [-0.3, -0.25) is 4.79 Å². The van der Waals surface area contributed by atoms with Gasteiger partial charge in [0, 0.05) is 5.41 Å². The second-order valence-corrected chi connectivity index (χ2v) is 8.90. The first-order chi connectivity index (χ1) is 13.4. The van der Waals surface area contributed by atoms with Gasteiger partial charge < -0.3 is 5.73 Å². The predicted molar refractivity (Wildman–Crippen MR) is 130 cm³/mol. The summed E-state index contributed by atoms with van der Waals surface area (Å²) in [6.07, 6.45) is 17.3. The normalized spacial score (nSPS) is 39.1. The molecule has 0 spiro atoms. The molecule has 3 aliphatic carbocycles. The van der Waals surface area contributed by atoms with Crippen LogP contribution in [-0.4, -0.2) is 12.8 Å². The lowest BCUT2D eigenvalue weighted by molar-refractivity contribution is -0.104. The maximum atomic E-state index is 11.1. The molecule has 0 aromatic rings. The molecule has 6 unspecified atom stereocenters. The predicted octanol–water partition coefficient (Wildman–Crippen LogP) is 7.36. The Morgan fingerprint density at radius 2 is 1.76 bits per heavy atom. The number of hydrogen-bond donors (Lipinski definition) is 1. The van der Waals surface area contributed by atoms with Gasteiger partial charge in [-0.1, -0.05) is 65.8 Å². The van der Waals surface area contributed by atoms with Gasteiger partial charge in [0.25, 0.3) is 0 Å². The highest BCUT2D eigenvalue weighted by Crippen LogP contribution is 2.65. The third-order valence-electron chi connectivity index (χ3n) is 7.79. The van der Waals surface area contributed by atoms with E-state index < -0.39 is 0 Å². The van der Waals surface area contributed by atoms with Gasteiger partial charge >= 0.3 is 0 Å².